The molecule has 118 valence electrons. The van der Waals surface area contributed by atoms with Crippen molar-refractivity contribution in [3.63, 3.8) is 0 Å². The third-order valence-electron chi connectivity index (χ3n) is 3.85. The quantitative estimate of drug-likeness (QED) is 0.776. The van der Waals surface area contributed by atoms with E-state index in [4.69, 9.17) is 32.7 Å². The lowest BCUT2D eigenvalue weighted by Crippen LogP contribution is -3.14. The molecule has 2 atom stereocenters. The van der Waals surface area contributed by atoms with Crippen LogP contribution in [-0.2, 0) is 4.74 Å². The van der Waals surface area contributed by atoms with Gasteiger partial charge in [-0.05, 0) is 25.0 Å². The van der Waals surface area contributed by atoms with Crippen LogP contribution in [-0.4, -0.2) is 39.5 Å². The second-order valence-electron chi connectivity index (χ2n) is 5.74. The minimum atomic E-state index is 0.512. The molecule has 0 spiro atoms. The summed E-state index contributed by atoms with van der Waals surface area (Å²) >= 11 is 11.8. The molecule has 5 heteroatoms. The van der Waals surface area contributed by atoms with Gasteiger partial charge < -0.3 is 14.4 Å². The fourth-order valence-electron chi connectivity index (χ4n) is 2.73. The second-order valence-corrected chi connectivity index (χ2v) is 6.55. The normalized spacial score (nSPS) is 22.2. The van der Waals surface area contributed by atoms with E-state index in [1.54, 1.807) is 17.0 Å². The first-order valence-electron chi connectivity index (χ1n) is 7.64. The molecule has 1 N–H and O–H groups in total. The van der Waals surface area contributed by atoms with Crippen LogP contribution in [0.2, 0.25) is 10.0 Å². The molecule has 0 aliphatic carbocycles. The van der Waals surface area contributed by atoms with Crippen molar-refractivity contribution in [3.05, 3.63) is 28.2 Å². The summed E-state index contributed by atoms with van der Waals surface area (Å²) < 4.78 is 11.2. The monoisotopic (exact) mass is 332 g/mol. The van der Waals surface area contributed by atoms with Crippen LogP contribution >= 0.6 is 23.2 Å². The highest BCUT2D eigenvalue weighted by molar-refractivity contribution is 6.42. The van der Waals surface area contributed by atoms with E-state index >= 15 is 0 Å². The Morgan fingerprint density at radius 1 is 1.19 bits per heavy atom. The van der Waals surface area contributed by atoms with Crippen molar-refractivity contribution >= 4 is 23.2 Å². The van der Waals surface area contributed by atoms with Gasteiger partial charge in [0.1, 0.15) is 18.9 Å². The van der Waals surface area contributed by atoms with Crippen molar-refractivity contribution in [1.82, 2.24) is 0 Å². The molecule has 1 fully saturated rings. The van der Waals surface area contributed by atoms with Gasteiger partial charge in [-0.15, -0.1) is 0 Å². The van der Waals surface area contributed by atoms with Crippen molar-refractivity contribution in [2.45, 2.75) is 19.8 Å². The highest BCUT2D eigenvalue weighted by atomic mass is 35.5. The average Bonchev–Trinajstić information content (AvgIpc) is 2.46. The molecule has 0 saturated carbocycles. The first-order chi connectivity index (χ1) is 10.1. The minimum absolute atomic E-state index is 0.512. The number of benzene rings is 1. The van der Waals surface area contributed by atoms with E-state index in [2.05, 4.69) is 6.92 Å². The molecule has 0 aromatic heterocycles. The number of halogens is 2. The zero-order valence-corrected chi connectivity index (χ0v) is 14.1. The predicted octanol–water partition coefficient (Wildman–Crippen LogP) is 2.70. The number of piperidine rings is 1. The Morgan fingerprint density at radius 3 is 2.81 bits per heavy atom. The van der Waals surface area contributed by atoms with Gasteiger partial charge in [0, 0.05) is 12.0 Å². The fourth-order valence-corrected chi connectivity index (χ4v) is 3.02. The lowest BCUT2D eigenvalue weighted by Gasteiger charge is -2.27. The van der Waals surface area contributed by atoms with Crippen LogP contribution in [0.1, 0.15) is 19.8 Å². The number of quaternary nitrogens is 1. The molecule has 1 saturated heterocycles. The summed E-state index contributed by atoms with van der Waals surface area (Å²) in [5.74, 6) is 1.58. The molecule has 1 aromatic rings. The van der Waals surface area contributed by atoms with Crippen molar-refractivity contribution < 1.29 is 14.4 Å². The molecular weight excluding hydrogens is 309 g/mol. The fraction of sp³-hybridized carbons (Fsp3) is 0.625. The molecule has 1 unspecified atom stereocenters. The maximum absolute atomic E-state index is 5.93. The van der Waals surface area contributed by atoms with Gasteiger partial charge in [0.05, 0.1) is 36.3 Å². The minimum Gasteiger partial charge on any atom is -0.491 e. The van der Waals surface area contributed by atoms with Gasteiger partial charge in [-0.3, -0.25) is 0 Å². The van der Waals surface area contributed by atoms with Crippen molar-refractivity contribution in [2.24, 2.45) is 5.92 Å². The SMILES string of the molecule is C[C@H]1CCC[NH+](CCOCCOc2ccc(Cl)c(Cl)c2)C1. The van der Waals surface area contributed by atoms with Gasteiger partial charge in [-0.2, -0.15) is 0 Å². The van der Waals surface area contributed by atoms with Gasteiger partial charge in [0.25, 0.3) is 0 Å². The van der Waals surface area contributed by atoms with Crippen molar-refractivity contribution in [1.29, 1.82) is 0 Å². The predicted molar refractivity (Wildman–Crippen MR) is 86.7 cm³/mol. The molecule has 3 nitrogen and oxygen atoms in total. The van der Waals surface area contributed by atoms with Crippen molar-refractivity contribution in [2.75, 3.05) is 39.5 Å². The van der Waals surface area contributed by atoms with Crippen LogP contribution in [0, 0.1) is 5.92 Å². The van der Waals surface area contributed by atoms with Gasteiger partial charge in [-0.1, -0.05) is 30.1 Å². The van der Waals surface area contributed by atoms with Crippen LogP contribution < -0.4 is 9.64 Å². The molecule has 1 aromatic carbocycles. The van der Waals surface area contributed by atoms with Gasteiger partial charge >= 0.3 is 0 Å². The lowest BCUT2D eigenvalue weighted by molar-refractivity contribution is -0.908. The average molecular weight is 333 g/mol. The molecule has 0 radical (unpaired) electrons. The second kappa shape index (κ2) is 8.84. The molecular formula is C16H24Cl2NO2+. The first kappa shape index (κ1) is 16.9. The Hall–Kier alpha value is -0.480. The van der Waals surface area contributed by atoms with Gasteiger partial charge in [0.15, 0.2) is 0 Å². The number of likely N-dealkylation sites (tertiary alicyclic amines) is 1. The summed E-state index contributed by atoms with van der Waals surface area (Å²) in [5.41, 5.74) is 0. The molecule has 0 amide bonds. The summed E-state index contributed by atoms with van der Waals surface area (Å²) in [6.07, 6.45) is 2.72. The van der Waals surface area contributed by atoms with E-state index in [0.29, 0.717) is 23.3 Å². The molecule has 0 bridgehead atoms. The third-order valence-corrected chi connectivity index (χ3v) is 4.59. The molecule has 1 aliphatic heterocycles. The van der Waals surface area contributed by atoms with Crippen LogP contribution in [0.5, 0.6) is 5.75 Å². The Kier molecular flexibility index (Phi) is 7.11. The summed E-state index contributed by atoms with van der Waals surface area (Å²) in [5, 5.41) is 1.05. The van der Waals surface area contributed by atoms with Crippen LogP contribution in [0.25, 0.3) is 0 Å². The zero-order valence-electron chi connectivity index (χ0n) is 12.5. The van der Waals surface area contributed by atoms with E-state index in [1.807, 2.05) is 6.07 Å². The van der Waals surface area contributed by atoms with Crippen molar-refractivity contribution in [3.8, 4) is 5.75 Å². The standard InChI is InChI=1S/C16H23Cl2NO2/c1-13-3-2-6-19(12-13)7-8-20-9-10-21-14-4-5-15(17)16(18)11-14/h4-5,11,13H,2-3,6-10,12H2,1H3/p+1/t13-/m0/s1. The van der Waals surface area contributed by atoms with E-state index in [9.17, 15) is 0 Å². The van der Waals surface area contributed by atoms with E-state index in [-0.39, 0.29) is 0 Å². The molecule has 21 heavy (non-hydrogen) atoms. The van der Waals surface area contributed by atoms with E-state index in [0.717, 1.165) is 24.8 Å². The Balaban J connectivity index is 1.54. The number of hydrogen-bond donors (Lipinski definition) is 1. The highest BCUT2D eigenvalue weighted by Gasteiger charge is 2.18. The van der Waals surface area contributed by atoms with E-state index < -0.39 is 0 Å². The summed E-state index contributed by atoms with van der Waals surface area (Å²) in [6.45, 7) is 7.93. The maximum atomic E-state index is 5.93. The number of nitrogens with one attached hydrogen (secondary N) is 1. The van der Waals surface area contributed by atoms with Crippen LogP contribution in [0.15, 0.2) is 18.2 Å². The number of hydrogen-bond acceptors (Lipinski definition) is 2. The van der Waals surface area contributed by atoms with Crippen LogP contribution in [0.3, 0.4) is 0 Å². The lowest BCUT2D eigenvalue weighted by atomic mass is 10.0. The van der Waals surface area contributed by atoms with E-state index in [1.165, 1.54) is 25.9 Å². The summed E-state index contributed by atoms with van der Waals surface area (Å²) in [7, 11) is 0. The van der Waals surface area contributed by atoms with Gasteiger partial charge in [0.2, 0.25) is 0 Å². The molecule has 2 rings (SSSR count). The summed E-state index contributed by atoms with van der Waals surface area (Å²) in [6, 6.07) is 5.28. The topological polar surface area (TPSA) is 22.9 Å². The smallest absolute Gasteiger partial charge is 0.121 e. The summed E-state index contributed by atoms with van der Waals surface area (Å²) in [4.78, 5) is 1.67. The highest BCUT2D eigenvalue weighted by Crippen LogP contribution is 2.26. The third kappa shape index (κ3) is 6.03. The Labute approximate surface area is 137 Å². The molecule has 1 heterocycles. The maximum Gasteiger partial charge on any atom is 0.121 e. The number of rotatable bonds is 7. The molecule has 1 aliphatic rings. The Bertz CT molecular complexity index is 442. The Morgan fingerprint density at radius 2 is 2.05 bits per heavy atom. The zero-order chi connectivity index (χ0) is 15.1. The van der Waals surface area contributed by atoms with Crippen LogP contribution in [0.4, 0.5) is 0 Å². The first-order valence-corrected chi connectivity index (χ1v) is 8.40. The largest absolute Gasteiger partial charge is 0.491 e. The van der Waals surface area contributed by atoms with Gasteiger partial charge in [-0.25, -0.2) is 0 Å². The number of ether oxygens (including phenoxy) is 2.